The molecule has 0 radical (unpaired) electrons. The van der Waals surface area contributed by atoms with Gasteiger partial charge in [-0.25, -0.2) is 4.79 Å². The molecule has 1 unspecified atom stereocenters. The number of amides is 1. The molecule has 0 aromatic carbocycles. The number of piperidine rings is 1. The summed E-state index contributed by atoms with van der Waals surface area (Å²) in [5.41, 5.74) is 1.23. The van der Waals surface area contributed by atoms with E-state index < -0.39 is 65.7 Å². The first kappa shape index (κ1) is 52.6. The first-order valence-electron chi connectivity index (χ1n) is 23.5. The molecule has 13 nitrogen and oxygen atoms in total. The van der Waals surface area contributed by atoms with E-state index in [-0.39, 0.29) is 66.2 Å². The number of carbonyl (C=O) groups is 4. The molecule has 1 aliphatic carbocycles. The van der Waals surface area contributed by atoms with Crippen LogP contribution in [-0.4, -0.2) is 124 Å². The Hall–Kier alpha value is -3.04. The summed E-state index contributed by atoms with van der Waals surface area (Å²) in [7, 11) is 3.21. The lowest BCUT2D eigenvalue weighted by molar-refractivity contribution is -0.284. The number of hydrogen-bond donors (Lipinski definition) is 4. The number of fused-ring (bicyclic) bond motifs is 3. The van der Waals surface area contributed by atoms with E-state index in [0.717, 1.165) is 12.0 Å². The summed E-state index contributed by atoms with van der Waals surface area (Å²) in [6.07, 6.45) is 11.6. The van der Waals surface area contributed by atoms with Crippen molar-refractivity contribution in [2.45, 2.75) is 186 Å². The number of Topliss-reactive ketones (excluding diaryl/α,β-unsaturated/α-hetero) is 2. The fourth-order valence-electron chi connectivity index (χ4n) is 9.99. The predicted molar refractivity (Wildman–Crippen MR) is 240 cm³/mol. The molecule has 2 bridgehead atoms. The summed E-state index contributed by atoms with van der Waals surface area (Å²) in [6, 6.07) is -0.916. The van der Waals surface area contributed by atoms with Crippen molar-refractivity contribution in [3.05, 3.63) is 47.6 Å². The van der Waals surface area contributed by atoms with Gasteiger partial charge >= 0.3 is 5.97 Å². The van der Waals surface area contributed by atoms with Crippen LogP contribution >= 0.6 is 0 Å². The van der Waals surface area contributed by atoms with Crippen LogP contribution in [0.3, 0.4) is 0 Å². The van der Waals surface area contributed by atoms with Crippen molar-refractivity contribution in [3.8, 4) is 0 Å². The molecule has 4 N–H and O–H groups in total. The smallest absolute Gasteiger partial charge is 0.329 e. The molecule has 3 aliphatic heterocycles. The summed E-state index contributed by atoms with van der Waals surface area (Å²) in [5.74, 6) is -5.30. The summed E-state index contributed by atoms with van der Waals surface area (Å²) in [4.78, 5) is 57.4. The third kappa shape index (κ3) is 14.7. The maximum atomic E-state index is 14.3. The van der Waals surface area contributed by atoms with Crippen molar-refractivity contribution in [2.24, 2.45) is 35.5 Å². The molecule has 1 saturated carbocycles. The number of ketones is 2. The molecule has 356 valence electrons. The average molecular weight is 886 g/mol. The van der Waals surface area contributed by atoms with Crippen molar-refractivity contribution < 1.29 is 58.6 Å². The van der Waals surface area contributed by atoms with Crippen LogP contribution in [0.4, 0.5) is 0 Å². The molecular weight excluding hydrogens is 807 g/mol. The van der Waals surface area contributed by atoms with Gasteiger partial charge in [0.15, 0.2) is 11.6 Å². The van der Waals surface area contributed by atoms with Crippen LogP contribution in [0, 0.1) is 35.5 Å². The zero-order chi connectivity index (χ0) is 46.6. The van der Waals surface area contributed by atoms with E-state index in [0.29, 0.717) is 70.8 Å². The topological polar surface area (TPSA) is 189 Å². The Kier molecular flexibility index (Phi) is 20.4. The second-order valence-electron chi connectivity index (χ2n) is 19.5. The highest BCUT2D eigenvalue weighted by atomic mass is 16.6. The minimum atomic E-state index is -1.75. The predicted octanol–water partition coefficient (Wildman–Crippen LogP) is 6.35. The van der Waals surface area contributed by atoms with E-state index in [1.165, 1.54) is 4.90 Å². The van der Waals surface area contributed by atoms with E-state index in [1.807, 2.05) is 58.1 Å². The molecule has 3 fully saturated rings. The van der Waals surface area contributed by atoms with Gasteiger partial charge in [0.05, 0.1) is 30.8 Å². The molecule has 0 aromatic heterocycles. The Morgan fingerprint density at radius 3 is 2.29 bits per heavy atom. The number of cyclic esters (lactones) is 1. The van der Waals surface area contributed by atoms with Gasteiger partial charge in [-0.3, -0.25) is 14.4 Å². The lowest BCUT2D eigenvalue weighted by Gasteiger charge is -2.44. The molecule has 4 rings (SSSR count). The number of carbonyl (C=O) groups excluding carboxylic acids is 4. The molecule has 0 aromatic rings. The van der Waals surface area contributed by atoms with Crippen LogP contribution in [0.2, 0.25) is 0 Å². The highest BCUT2D eigenvalue weighted by molar-refractivity contribution is 5.87. The normalized spacial score (nSPS) is 41.3. The minimum absolute atomic E-state index is 0.00663. The Bertz CT molecular complexity index is 1660. The van der Waals surface area contributed by atoms with Crippen LogP contribution < -0.4 is 0 Å². The molecule has 1 amide bonds. The quantitative estimate of drug-likeness (QED) is 0.177. The van der Waals surface area contributed by atoms with Gasteiger partial charge in [-0.2, -0.15) is 0 Å². The van der Waals surface area contributed by atoms with Crippen LogP contribution in [0.1, 0.15) is 132 Å². The average Bonchev–Trinajstić information content (AvgIpc) is 3.25. The van der Waals surface area contributed by atoms with Crippen LogP contribution in [0.5, 0.6) is 0 Å². The van der Waals surface area contributed by atoms with Gasteiger partial charge in [-0.1, -0.05) is 71.1 Å². The number of rotatable bonds is 5. The SMILES string of the molecule is CO[C@H]1C[C@@H]2CC[C@@H](C)[C@](O)(CC(=O)N3CCCC[C@H]3C(=O)O[C@H]([C@H](C)CC3CC[C@H](O)[C@@H](OC)C3)CC(=O)[C@H](C)/C=C(\C)[C@@H](O)[C@@H](O)C(=O)[C@H](C)C[C@H](C)/C=C/C=C/C=C/1C)O2. The standard InChI is InChI=1S/C50H79NO12/c1-30-15-11-10-12-16-31(2)42(60-8)27-38-20-18-36(7)50(59,63-38)29-45(54)51-22-14-13-17-39(51)49(58)62-43(33(4)25-37-19-21-40(52)44(26-37)61-9)28-41(53)32(3)24-35(6)47(56)48(57)46(55)34(5)23-30/h10-12,15-16,24,30,32-34,36-40,42-44,47-48,52,56-57,59H,13-14,17-23,25-29H2,1-9H3/b12-10+,15-11+,31-16+,35-24+/t30-,32-,33-,34-,36-,37?,38+,39+,40+,42+,43+,44+,47-,48+,50+/m1/s1. The lowest BCUT2D eigenvalue weighted by Crippen LogP contribution is -2.55. The monoisotopic (exact) mass is 886 g/mol. The van der Waals surface area contributed by atoms with Crippen molar-refractivity contribution in [1.82, 2.24) is 4.90 Å². The third-order valence-corrected chi connectivity index (χ3v) is 14.3. The first-order chi connectivity index (χ1) is 29.8. The number of nitrogens with zero attached hydrogens (tertiary/aromatic N) is 1. The van der Waals surface area contributed by atoms with Crippen molar-refractivity contribution in [3.63, 3.8) is 0 Å². The van der Waals surface area contributed by atoms with Gasteiger partial charge in [0.2, 0.25) is 5.91 Å². The Labute approximate surface area is 376 Å². The van der Waals surface area contributed by atoms with Crippen molar-refractivity contribution in [1.29, 1.82) is 0 Å². The first-order valence-corrected chi connectivity index (χ1v) is 23.5. The van der Waals surface area contributed by atoms with Gasteiger partial charge in [0.25, 0.3) is 0 Å². The highest BCUT2D eigenvalue weighted by Gasteiger charge is 2.46. The fourth-order valence-corrected chi connectivity index (χ4v) is 9.99. The van der Waals surface area contributed by atoms with Gasteiger partial charge in [0.1, 0.15) is 30.1 Å². The number of allylic oxidation sites excluding steroid dienone is 6. The maximum Gasteiger partial charge on any atom is 0.329 e. The van der Waals surface area contributed by atoms with Crippen molar-refractivity contribution >= 4 is 23.4 Å². The molecule has 4 aliphatic rings. The molecule has 2 saturated heterocycles. The molecule has 15 atom stereocenters. The van der Waals surface area contributed by atoms with Gasteiger partial charge in [0, 0.05) is 51.4 Å². The number of methoxy groups -OCH3 is 2. The summed E-state index contributed by atoms with van der Waals surface area (Å²) in [5, 5.41) is 44.6. The van der Waals surface area contributed by atoms with Gasteiger partial charge in [-0.15, -0.1) is 0 Å². The lowest BCUT2D eigenvalue weighted by atomic mass is 9.78. The molecule has 0 spiro atoms. The van der Waals surface area contributed by atoms with E-state index in [9.17, 15) is 39.6 Å². The number of hydrogen-bond acceptors (Lipinski definition) is 12. The van der Waals surface area contributed by atoms with Crippen LogP contribution in [0.25, 0.3) is 0 Å². The van der Waals surface area contributed by atoms with Crippen LogP contribution in [-0.2, 0) is 38.1 Å². The minimum Gasteiger partial charge on any atom is -0.460 e. The number of aliphatic hydroxyl groups excluding tert-OH is 3. The Morgan fingerprint density at radius 2 is 1.59 bits per heavy atom. The second kappa shape index (κ2) is 24.5. The third-order valence-electron chi connectivity index (χ3n) is 14.3. The molecular formula is C50H79NO12. The molecule has 3 heterocycles. The van der Waals surface area contributed by atoms with E-state index >= 15 is 0 Å². The fraction of sp³-hybridized carbons (Fsp3) is 0.760. The second-order valence-corrected chi connectivity index (χ2v) is 19.5. The molecule has 13 heteroatoms. The van der Waals surface area contributed by atoms with E-state index in [2.05, 4.69) is 0 Å². The summed E-state index contributed by atoms with van der Waals surface area (Å²) < 4.78 is 24.1. The number of esters is 1. The number of aliphatic hydroxyl groups is 4. The molecule has 63 heavy (non-hydrogen) atoms. The number of ether oxygens (including phenoxy) is 4. The Balaban J connectivity index is 1.66. The van der Waals surface area contributed by atoms with Gasteiger partial charge < -0.3 is 44.3 Å². The zero-order valence-corrected chi connectivity index (χ0v) is 39.4. The maximum absolute atomic E-state index is 14.3. The van der Waals surface area contributed by atoms with E-state index in [4.69, 9.17) is 18.9 Å². The Morgan fingerprint density at radius 1 is 0.857 bits per heavy atom. The van der Waals surface area contributed by atoms with Gasteiger partial charge in [-0.05, 0) is 107 Å². The highest BCUT2D eigenvalue weighted by Crippen LogP contribution is 2.39. The summed E-state index contributed by atoms with van der Waals surface area (Å²) >= 11 is 0. The van der Waals surface area contributed by atoms with Crippen LogP contribution in [0.15, 0.2) is 47.6 Å². The van der Waals surface area contributed by atoms with E-state index in [1.54, 1.807) is 41.1 Å². The van der Waals surface area contributed by atoms with Crippen molar-refractivity contribution in [2.75, 3.05) is 20.8 Å². The zero-order valence-electron chi connectivity index (χ0n) is 39.4. The summed E-state index contributed by atoms with van der Waals surface area (Å²) in [6.45, 7) is 13.0. The largest absolute Gasteiger partial charge is 0.460 e.